The first kappa shape index (κ1) is 21.2. The number of carboxylic acids is 1. The number of carboxylic acid groups (broad SMARTS) is 1. The summed E-state index contributed by atoms with van der Waals surface area (Å²) in [5, 5.41) is 9.87. The van der Waals surface area contributed by atoms with E-state index < -0.39 is 5.97 Å². The molecule has 1 aromatic heterocycles. The van der Waals surface area contributed by atoms with Crippen LogP contribution in [0.2, 0.25) is 0 Å². The number of nitrogens with zero attached hydrogens (tertiary/aromatic N) is 1. The number of aryl methyl sites for hydroxylation is 1. The van der Waals surface area contributed by atoms with Gasteiger partial charge in [-0.1, -0.05) is 26.8 Å². The minimum atomic E-state index is -0.810. The Morgan fingerprint density at radius 2 is 1.90 bits per heavy atom. The summed E-state index contributed by atoms with van der Waals surface area (Å²) in [5.74, 6) is -0.391. The summed E-state index contributed by atoms with van der Waals surface area (Å²) >= 11 is 1.51. The molecule has 154 valence electrons. The van der Waals surface area contributed by atoms with Gasteiger partial charge in [0.25, 0.3) is 0 Å². The predicted octanol–water partition coefficient (Wildman–Crippen LogP) is 5.95. The molecule has 0 fully saturated rings. The molecule has 0 saturated carbocycles. The molecule has 1 N–H and O–H groups in total. The highest BCUT2D eigenvalue weighted by Gasteiger charge is 2.21. The molecule has 0 unspecified atom stereocenters. The molecule has 0 aliphatic carbocycles. The summed E-state index contributed by atoms with van der Waals surface area (Å²) in [6, 6.07) is 6.77. The highest BCUT2D eigenvalue weighted by Crippen LogP contribution is 2.34. The van der Waals surface area contributed by atoms with Gasteiger partial charge in [-0.25, -0.2) is 9.37 Å². The van der Waals surface area contributed by atoms with Crippen LogP contribution in [0.15, 0.2) is 24.3 Å². The van der Waals surface area contributed by atoms with Gasteiger partial charge in [0.05, 0.1) is 15.2 Å². The molecule has 0 aliphatic heterocycles. The summed E-state index contributed by atoms with van der Waals surface area (Å²) in [5.41, 5.74) is 4.40. The van der Waals surface area contributed by atoms with Crippen molar-refractivity contribution >= 4 is 27.5 Å². The second kappa shape index (κ2) is 8.11. The van der Waals surface area contributed by atoms with Gasteiger partial charge in [0.1, 0.15) is 18.2 Å². The number of aromatic nitrogens is 1. The quantitative estimate of drug-likeness (QED) is 0.541. The van der Waals surface area contributed by atoms with Crippen molar-refractivity contribution in [3.63, 3.8) is 0 Å². The maximum atomic E-state index is 14.2. The summed E-state index contributed by atoms with van der Waals surface area (Å²) in [7, 11) is 0. The number of rotatable bonds is 6. The van der Waals surface area contributed by atoms with Crippen molar-refractivity contribution in [1.82, 2.24) is 4.98 Å². The highest BCUT2D eigenvalue weighted by molar-refractivity contribution is 7.18. The van der Waals surface area contributed by atoms with Crippen LogP contribution in [-0.4, -0.2) is 16.1 Å². The highest BCUT2D eigenvalue weighted by atomic mass is 32.1. The van der Waals surface area contributed by atoms with Crippen LogP contribution in [0.4, 0.5) is 4.39 Å². The minimum Gasteiger partial charge on any atom is -0.489 e. The third-order valence-electron chi connectivity index (χ3n) is 5.02. The molecule has 0 spiro atoms. The van der Waals surface area contributed by atoms with E-state index in [0.717, 1.165) is 37.5 Å². The summed E-state index contributed by atoms with van der Waals surface area (Å²) < 4.78 is 21.0. The van der Waals surface area contributed by atoms with E-state index in [0.29, 0.717) is 12.2 Å². The Bertz CT molecular complexity index is 1070. The lowest BCUT2D eigenvalue weighted by atomic mass is 9.98. The fraction of sp³-hybridized carbons (Fsp3) is 0.391. The SMILES string of the molecule is Cc1c(CCC(=O)O)ccc(OCc2cc(F)cc3sc(C(C)(C)C)nc23)c1C. The van der Waals surface area contributed by atoms with Crippen LogP contribution >= 0.6 is 11.3 Å². The van der Waals surface area contributed by atoms with Gasteiger partial charge < -0.3 is 9.84 Å². The van der Waals surface area contributed by atoms with E-state index in [9.17, 15) is 9.18 Å². The number of hydrogen-bond donors (Lipinski definition) is 1. The van der Waals surface area contributed by atoms with Crippen LogP contribution in [-0.2, 0) is 23.2 Å². The van der Waals surface area contributed by atoms with Gasteiger partial charge >= 0.3 is 5.97 Å². The maximum Gasteiger partial charge on any atom is 0.303 e. The molecular formula is C23H26FNO3S. The number of ether oxygens (including phenoxy) is 1. The molecule has 0 saturated heterocycles. The van der Waals surface area contributed by atoms with Crippen LogP contribution < -0.4 is 4.74 Å². The van der Waals surface area contributed by atoms with E-state index in [2.05, 4.69) is 20.8 Å². The standard InChI is InChI=1S/C23H26FNO3S/c1-13-14(2)18(8-6-15(13)7-9-20(26)27)28-12-16-10-17(24)11-19-21(16)25-22(29-19)23(3,4)5/h6,8,10-11H,7,9,12H2,1-5H3,(H,26,27). The van der Waals surface area contributed by atoms with Crippen LogP contribution in [0.5, 0.6) is 5.75 Å². The zero-order chi connectivity index (χ0) is 21.3. The van der Waals surface area contributed by atoms with E-state index in [1.807, 2.05) is 26.0 Å². The molecule has 0 radical (unpaired) electrons. The van der Waals surface area contributed by atoms with E-state index in [1.54, 1.807) is 0 Å². The Kier molecular flexibility index (Phi) is 5.94. The number of aliphatic carboxylic acids is 1. The van der Waals surface area contributed by atoms with Crippen molar-refractivity contribution < 1.29 is 19.0 Å². The number of hydrogen-bond acceptors (Lipinski definition) is 4. The van der Waals surface area contributed by atoms with E-state index in [-0.39, 0.29) is 24.3 Å². The Morgan fingerprint density at radius 1 is 1.17 bits per heavy atom. The molecule has 4 nitrogen and oxygen atoms in total. The van der Waals surface area contributed by atoms with Crippen molar-refractivity contribution in [3.05, 3.63) is 57.3 Å². The molecule has 29 heavy (non-hydrogen) atoms. The van der Waals surface area contributed by atoms with E-state index in [1.165, 1.54) is 23.5 Å². The van der Waals surface area contributed by atoms with E-state index >= 15 is 0 Å². The number of thiazole rings is 1. The normalized spacial score (nSPS) is 11.8. The first-order chi connectivity index (χ1) is 13.6. The second-order valence-electron chi connectivity index (χ2n) is 8.34. The fourth-order valence-electron chi connectivity index (χ4n) is 3.17. The maximum absolute atomic E-state index is 14.2. The van der Waals surface area contributed by atoms with Crippen molar-refractivity contribution in [2.24, 2.45) is 0 Å². The van der Waals surface area contributed by atoms with Crippen LogP contribution in [0.25, 0.3) is 10.2 Å². The predicted molar refractivity (Wildman–Crippen MR) is 114 cm³/mol. The van der Waals surface area contributed by atoms with Gasteiger partial charge in [0.2, 0.25) is 0 Å². The molecule has 0 bridgehead atoms. The van der Waals surface area contributed by atoms with Gasteiger partial charge in [-0.2, -0.15) is 0 Å². The topological polar surface area (TPSA) is 59.4 Å². The number of fused-ring (bicyclic) bond motifs is 1. The van der Waals surface area contributed by atoms with Crippen molar-refractivity contribution in [2.45, 2.75) is 59.5 Å². The largest absolute Gasteiger partial charge is 0.489 e. The Labute approximate surface area is 174 Å². The Hall–Kier alpha value is -2.47. The molecule has 0 amide bonds. The molecule has 3 aromatic rings. The average Bonchev–Trinajstić information content (AvgIpc) is 3.06. The fourth-order valence-corrected chi connectivity index (χ4v) is 4.26. The second-order valence-corrected chi connectivity index (χ2v) is 9.37. The number of carbonyl (C=O) groups is 1. The van der Waals surface area contributed by atoms with Gasteiger partial charge in [0.15, 0.2) is 0 Å². The van der Waals surface area contributed by atoms with Crippen molar-refractivity contribution in [3.8, 4) is 5.75 Å². The molecular weight excluding hydrogens is 389 g/mol. The zero-order valence-corrected chi connectivity index (χ0v) is 18.2. The zero-order valence-electron chi connectivity index (χ0n) is 17.4. The summed E-state index contributed by atoms with van der Waals surface area (Å²) in [6.07, 6.45) is 0.586. The smallest absolute Gasteiger partial charge is 0.303 e. The van der Waals surface area contributed by atoms with Gasteiger partial charge in [0, 0.05) is 17.4 Å². The lowest BCUT2D eigenvalue weighted by molar-refractivity contribution is -0.136. The molecule has 0 atom stereocenters. The minimum absolute atomic E-state index is 0.0989. The monoisotopic (exact) mass is 415 g/mol. The lowest BCUT2D eigenvalue weighted by Gasteiger charge is -2.15. The first-order valence-electron chi connectivity index (χ1n) is 9.59. The number of halogens is 1. The van der Waals surface area contributed by atoms with Crippen LogP contribution in [0.3, 0.4) is 0 Å². The van der Waals surface area contributed by atoms with E-state index in [4.69, 9.17) is 14.8 Å². The van der Waals surface area contributed by atoms with Crippen molar-refractivity contribution in [2.75, 3.05) is 0 Å². The average molecular weight is 416 g/mol. The lowest BCUT2D eigenvalue weighted by Crippen LogP contribution is -2.10. The first-order valence-corrected chi connectivity index (χ1v) is 10.4. The molecule has 0 aliphatic rings. The number of benzene rings is 2. The Balaban J connectivity index is 1.86. The summed E-state index contributed by atoms with van der Waals surface area (Å²) in [4.78, 5) is 15.6. The molecule has 6 heteroatoms. The van der Waals surface area contributed by atoms with Gasteiger partial charge in [-0.3, -0.25) is 4.79 Å². The Morgan fingerprint density at radius 3 is 2.55 bits per heavy atom. The third-order valence-corrected chi connectivity index (χ3v) is 6.45. The third kappa shape index (κ3) is 4.75. The molecule has 3 rings (SSSR count). The van der Waals surface area contributed by atoms with Gasteiger partial charge in [-0.15, -0.1) is 11.3 Å². The van der Waals surface area contributed by atoms with Gasteiger partial charge in [-0.05, 0) is 55.2 Å². The molecule has 2 aromatic carbocycles. The van der Waals surface area contributed by atoms with Crippen molar-refractivity contribution in [1.29, 1.82) is 0 Å². The van der Waals surface area contributed by atoms with Crippen LogP contribution in [0, 0.1) is 19.7 Å². The molecule has 1 heterocycles. The van der Waals surface area contributed by atoms with Crippen LogP contribution in [0.1, 0.15) is 54.5 Å². The summed E-state index contributed by atoms with van der Waals surface area (Å²) in [6.45, 7) is 10.4.